The summed E-state index contributed by atoms with van der Waals surface area (Å²) in [5.41, 5.74) is -0.545. The van der Waals surface area contributed by atoms with Gasteiger partial charge in [-0.25, -0.2) is 8.78 Å². The minimum Gasteiger partial charge on any atom is -0.367 e. The van der Waals surface area contributed by atoms with E-state index in [2.05, 4.69) is 20.4 Å². The van der Waals surface area contributed by atoms with Crippen molar-refractivity contribution in [2.45, 2.75) is 26.1 Å². The topological polar surface area (TPSA) is 44.3 Å². The predicted octanol–water partition coefficient (Wildman–Crippen LogP) is 5.16. The molecule has 33 heavy (non-hydrogen) atoms. The normalized spacial score (nSPS) is 16.3. The summed E-state index contributed by atoms with van der Waals surface area (Å²) in [5, 5.41) is 12.3. The van der Waals surface area contributed by atoms with E-state index in [0.29, 0.717) is 41.3 Å². The highest BCUT2D eigenvalue weighted by Gasteiger charge is 2.35. The van der Waals surface area contributed by atoms with Gasteiger partial charge in [-0.15, -0.1) is 5.10 Å². The first-order valence-corrected chi connectivity index (χ1v) is 10.6. The molecule has 0 radical (unpaired) electrons. The van der Waals surface area contributed by atoms with Crippen LogP contribution in [0, 0.1) is 18.6 Å². The van der Waals surface area contributed by atoms with Gasteiger partial charge in [-0.2, -0.15) is 18.3 Å². The fourth-order valence-corrected chi connectivity index (χ4v) is 4.07. The Morgan fingerprint density at radius 1 is 1.00 bits per heavy atom. The molecule has 0 saturated carbocycles. The van der Waals surface area contributed by atoms with Crippen LogP contribution in [0.15, 0.2) is 30.3 Å². The molecule has 1 aliphatic heterocycles. The van der Waals surface area contributed by atoms with Crippen LogP contribution < -0.4 is 10.2 Å². The Labute approximate surface area is 188 Å². The average Bonchev–Trinajstić information content (AvgIpc) is 2.75. The van der Waals surface area contributed by atoms with Crippen molar-refractivity contribution in [2.75, 3.05) is 43.4 Å². The zero-order valence-corrected chi connectivity index (χ0v) is 18.5. The summed E-state index contributed by atoms with van der Waals surface area (Å²) in [6, 6.07) is 5.39. The van der Waals surface area contributed by atoms with Crippen LogP contribution in [0.25, 0.3) is 10.8 Å². The predicted molar refractivity (Wildman–Crippen MR) is 117 cm³/mol. The molecule has 3 aromatic rings. The first-order valence-electron chi connectivity index (χ1n) is 10.6. The van der Waals surface area contributed by atoms with Gasteiger partial charge < -0.3 is 15.1 Å². The van der Waals surface area contributed by atoms with Crippen molar-refractivity contribution in [3.05, 3.63) is 58.8 Å². The molecule has 1 aliphatic rings. The number of likely N-dealkylation sites (N-methyl/N-ethyl adjacent to an activating group) is 1. The van der Waals surface area contributed by atoms with Crippen LogP contribution in [0.2, 0.25) is 0 Å². The summed E-state index contributed by atoms with van der Waals surface area (Å²) in [6.45, 7) is 6.14. The number of hydrogen-bond donors (Lipinski definition) is 1. The van der Waals surface area contributed by atoms with E-state index in [1.807, 2.05) is 11.9 Å². The molecule has 0 bridgehead atoms. The molecule has 10 heteroatoms. The lowest BCUT2D eigenvalue weighted by Gasteiger charge is -2.34. The lowest BCUT2D eigenvalue weighted by atomic mass is 10.0. The van der Waals surface area contributed by atoms with E-state index in [1.54, 1.807) is 13.0 Å². The highest BCUT2D eigenvalue weighted by molar-refractivity contribution is 5.95. The molecule has 0 spiro atoms. The number of anilines is 2. The fraction of sp³-hybridized carbons (Fsp3) is 0.391. The number of fused-ring (bicyclic) bond motifs is 1. The van der Waals surface area contributed by atoms with Gasteiger partial charge in [0.15, 0.2) is 5.82 Å². The maximum Gasteiger partial charge on any atom is 0.419 e. The van der Waals surface area contributed by atoms with Crippen molar-refractivity contribution in [1.82, 2.24) is 15.1 Å². The average molecular weight is 465 g/mol. The van der Waals surface area contributed by atoms with Gasteiger partial charge >= 0.3 is 6.18 Å². The number of piperazine rings is 1. The molecular formula is C23H24F5N5. The molecule has 1 N–H and O–H groups in total. The summed E-state index contributed by atoms with van der Waals surface area (Å²) in [6.07, 6.45) is -4.80. The van der Waals surface area contributed by atoms with Gasteiger partial charge in [0.2, 0.25) is 0 Å². The zero-order chi connectivity index (χ0) is 23.9. The minimum atomic E-state index is -4.80. The Balaban J connectivity index is 1.72. The van der Waals surface area contributed by atoms with Crippen LogP contribution in [-0.4, -0.2) is 48.3 Å². The quantitative estimate of drug-likeness (QED) is 0.540. The molecule has 2 aromatic carbocycles. The summed E-state index contributed by atoms with van der Waals surface area (Å²) >= 11 is 0. The second kappa shape index (κ2) is 8.74. The third-order valence-electron chi connectivity index (χ3n) is 6.03. The Hall–Kier alpha value is -3.01. The van der Waals surface area contributed by atoms with Gasteiger partial charge in [0, 0.05) is 42.5 Å². The third-order valence-corrected chi connectivity index (χ3v) is 6.03. The van der Waals surface area contributed by atoms with E-state index in [4.69, 9.17) is 0 Å². The largest absolute Gasteiger partial charge is 0.419 e. The van der Waals surface area contributed by atoms with Crippen LogP contribution in [0.4, 0.5) is 33.5 Å². The number of halogens is 5. The van der Waals surface area contributed by atoms with E-state index >= 15 is 0 Å². The van der Waals surface area contributed by atoms with Crippen molar-refractivity contribution in [3.63, 3.8) is 0 Å². The van der Waals surface area contributed by atoms with E-state index < -0.39 is 23.6 Å². The van der Waals surface area contributed by atoms with Crippen molar-refractivity contribution in [1.29, 1.82) is 0 Å². The van der Waals surface area contributed by atoms with Gasteiger partial charge in [-0.3, -0.25) is 0 Å². The first-order chi connectivity index (χ1) is 15.6. The lowest BCUT2D eigenvalue weighted by molar-refractivity contribution is -0.140. The first kappa shape index (κ1) is 23.2. The number of nitrogens with one attached hydrogen (secondary N) is 1. The number of aryl methyl sites for hydroxylation is 1. The Kier molecular flexibility index (Phi) is 6.13. The van der Waals surface area contributed by atoms with Gasteiger partial charge in [-0.05, 0) is 39.1 Å². The van der Waals surface area contributed by atoms with E-state index in [9.17, 15) is 22.0 Å². The maximum atomic E-state index is 15.0. The number of alkyl halides is 3. The van der Waals surface area contributed by atoms with E-state index in [-0.39, 0.29) is 17.2 Å². The highest BCUT2D eigenvalue weighted by atomic mass is 19.4. The second-order valence-electron chi connectivity index (χ2n) is 8.35. The molecule has 0 amide bonds. The molecule has 1 saturated heterocycles. The second-order valence-corrected chi connectivity index (χ2v) is 8.35. The molecule has 1 atom stereocenters. The monoisotopic (exact) mass is 465 g/mol. The van der Waals surface area contributed by atoms with Crippen LogP contribution in [0.3, 0.4) is 0 Å². The minimum absolute atomic E-state index is 0.151. The molecule has 5 nitrogen and oxygen atoms in total. The van der Waals surface area contributed by atoms with Crippen molar-refractivity contribution in [2.24, 2.45) is 0 Å². The van der Waals surface area contributed by atoms with Gasteiger partial charge in [0.1, 0.15) is 11.6 Å². The van der Waals surface area contributed by atoms with Crippen LogP contribution in [0.5, 0.6) is 0 Å². The molecule has 4 rings (SSSR count). The molecule has 1 fully saturated rings. The third kappa shape index (κ3) is 4.57. The standard InChI is InChI=1S/C23H24F5N5/c1-13(15-5-4-6-18(21(15)25)23(26,27)28)29-22-17-12-20(33-9-7-32(3)8-10-33)19(24)11-16(17)14(2)30-31-22/h4-6,11-13H,7-10H2,1-3H3,(H,29,31)/t13-/m1/s1. The Morgan fingerprint density at radius 3 is 2.36 bits per heavy atom. The lowest BCUT2D eigenvalue weighted by Crippen LogP contribution is -2.44. The van der Waals surface area contributed by atoms with Crippen molar-refractivity contribution >= 4 is 22.3 Å². The molecule has 0 unspecified atom stereocenters. The molecule has 0 aliphatic carbocycles. The van der Waals surface area contributed by atoms with Crippen LogP contribution in [0.1, 0.15) is 29.8 Å². The SMILES string of the molecule is Cc1nnc(N[C@H](C)c2cccc(C(F)(F)F)c2F)c2cc(N3CCN(C)CC3)c(F)cc12. The van der Waals surface area contributed by atoms with E-state index in [1.165, 1.54) is 25.1 Å². The van der Waals surface area contributed by atoms with Crippen LogP contribution in [-0.2, 0) is 6.18 Å². The molecule has 2 heterocycles. The Bertz CT molecular complexity index is 1170. The number of rotatable bonds is 4. The summed E-state index contributed by atoms with van der Waals surface area (Å²) in [7, 11) is 2.00. The summed E-state index contributed by atoms with van der Waals surface area (Å²) in [4.78, 5) is 4.10. The van der Waals surface area contributed by atoms with Crippen LogP contribution >= 0.6 is 0 Å². The summed E-state index contributed by atoms with van der Waals surface area (Å²) < 4.78 is 69.0. The number of nitrogens with zero attached hydrogens (tertiary/aromatic N) is 4. The van der Waals surface area contributed by atoms with Gasteiger partial charge in [0.25, 0.3) is 0 Å². The van der Waals surface area contributed by atoms with Crippen molar-refractivity contribution in [3.8, 4) is 0 Å². The number of aromatic nitrogens is 2. The molecule has 1 aromatic heterocycles. The van der Waals surface area contributed by atoms with Gasteiger partial charge in [0.05, 0.1) is 23.0 Å². The van der Waals surface area contributed by atoms with E-state index in [0.717, 1.165) is 13.1 Å². The molecular weight excluding hydrogens is 441 g/mol. The number of benzene rings is 2. The Morgan fingerprint density at radius 2 is 1.70 bits per heavy atom. The zero-order valence-electron chi connectivity index (χ0n) is 18.5. The smallest absolute Gasteiger partial charge is 0.367 e. The number of hydrogen-bond acceptors (Lipinski definition) is 5. The maximum absolute atomic E-state index is 15.0. The highest BCUT2D eigenvalue weighted by Crippen LogP contribution is 2.36. The molecule has 176 valence electrons. The van der Waals surface area contributed by atoms with Gasteiger partial charge in [-0.1, -0.05) is 12.1 Å². The van der Waals surface area contributed by atoms with Crippen molar-refractivity contribution < 1.29 is 22.0 Å². The summed E-state index contributed by atoms with van der Waals surface area (Å²) in [5.74, 6) is -1.47. The fourth-order valence-electron chi connectivity index (χ4n) is 4.07.